The van der Waals surface area contributed by atoms with Crippen molar-refractivity contribution in [1.29, 1.82) is 0 Å². The monoisotopic (exact) mass is 302 g/mol. The molecule has 0 atom stereocenters. The van der Waals surface area contributed by atoms with E-state index < -0.39 is 0 Å². The largest absolute Gasteiger partial charge is 0.472 e. The zero-order valence-corrected chi connectivity index (χ0v) is 13.3. The molecule has 5 heteroatoms. The van der Waals surface area contributed by atoms with E-state index in [1.54, 1.807) is 23.7 Å². The van der Waals surface area contributed by atoms with Crippen molar-refractivity contribution < 1.29 is 14.3 Å². The van der Waals surface area contributed by atoms with Gasteiger partial charge in [-0.2, -0.15) is 0 Å². The quantitative estimate of drug-likeness (QED) is 0.737. The van der Waals surface area contributed by atoms with E-state index in [0.29, 0.717) is 24.7 Å². The summed E-state index contributed by atoms with van der Waals surface area (Å²) in [5.74, 6) is 0.240. The third-order valence-electron chi connectivity index (χ3n) is 3.34. The van der Waals surface area contributed by atoms with Crippen LogP contribution in [0.15, 0.2) is 30.5 Å². The van der Waals surface area contributed by atoms with E-state index in [0.717, 1.165) is 24.0 Å². The molecule has 0 saturated carbocycles. The van der Waals surface area contributed by atoms with E-state index in [1.165, 1.54) is 0 Å². The van der Waals surface area contributed by atoms with E-state index in [2.05, 4.69) is 12.0 Å². The number of benzene rings is 1. The van der Waals surface area contributed by atoms with Gasteiger partial charge in [0.1, 0.15) is 6.61 Å². The second-order valence-electron chi connectivity index (χ2n) is 5.03. The number of rotatable bonds is 7. The molecule has 0 aliphatic heterocycles. The highest BCUT2D eigenvalue weighted by Gasteiger charge is 2.16. The molecule has 0 radical (unpaired) electrons. The normalized spacial score (nSPS) is 10.5. The van der Waals surface area contributed by atoms with E-state index in [1.807, 2.05) is 25.4 Å². The van der Waals surface area contributed by atoms with Crippen molar-refractivity contribution in [1.82, 2.24) is 9.78 Å². The van der Waals surface area contributed by atoms with Crippen molar-refractivity contribution in [3.63, 3.8) is 0 Å². The molecule has 2 rings (SSSR count). The Hall–Kier alpha value is -2.30. The fourth-order valence-electron chi connectivity index (χ4n) is 2.33. The Morgan fingerprint density at radius 3 is 2.73 bits per heavy atom. The molecule has 0 aliphatic rings. The summed E-state index contributed by atoms with van der Waals surface area (Å²) in [5.41, 5.74) is 2.57. The van der Waals surface area contributed by atoms with Crippen LogP contribution in [-0.2, 0) is 24.8 Å². The number of carbonyl (C=O) groups is 1. The Bertz CT molecular complexity index is 635. The van der Waals surface area contributed by atoms with E-state index in [-0.39, 0.29) is 5.97 Å². The number of nitrogens with zero attached hydrogens (tertiary/aromatic N) is 2. The van der Waals surface area contributed by atoms with Gasteiger partial charge in [0.05, 0.1) is 12.2 Å². The third kappa shape index (κ3) is 3.87. The molecule has 0 aliphatic carbocycles. The van der Waals surface area contributed by atoms with Gasteiger partial charge in [-0.05, 0) is 25.0 Å². The van der Waals surface area contributed by atoms with Crippen LogP contribution in [0.4, 0.5) is 0 Å². The summed E-state index contributed by atoms with van der Waals surface area (Å²) in [6.45, 7) is 4.58. The Labute approximate surface area is 130 Å². The van der Waals surface area contributed by atoms with Crippen molar-refractivity contribution in [3.05, 3.63) is 47.2 Å². The predicted octanol–water partition coefficient (Wildman–Crippen LogP) is 3.13. The Morgan fingerprint density at radius 2 is 2.09 bits per heavy atom. The van der Waals surface area contributed by atoms with Crippen molar-refractivity contribution in [2.75, 3.05) is 6.61 Å². The molecule has 0 saturated heterocycles. The molecule has 1 aromatic carbocycles. The van der Waals surface area contributed by atoms with Crippen molar-refractivity contribution in [3.8, 4) is 5.88 Å². The highest BCUT2D eigenvalue weighted by atomic mass is 16.5. The minimum absolute atomic E-state index is 0.305. The van der Waals surface area contributed by atoms with Crippen molar-refractivity contribution in [2.24, 2.45) is 7.05 Å². The predicted molar refractivity (Wildman–Crippen MR) is 83.9 cm³/mol. The fraction of sp³-hybridized carbons (Fsp3) is 0.412. The van der Waals surface area contributed by atoms with Gasteiger partial charge in [-0.15, -0.1) is 5.10 Å². The van der Waals surface area contributed by atoms with E-state index in [4.69, 9.17) is 9.47 Å². The Balaban J connectivity index is 2.26. The van der Waals surface area contributed by atoms with Gasteiger partial charge in [0.25, 0.3) is 0 Å². The molecule has 1 aromatic heterocycles. The zero-order chi connectivity index (χ0) is 15.9. The van der Waals surface area contributed by atoms with Gasteiger partial charge < -0.3 is 9.47 Å². The van der Waals surface area contributed by atoms with Crippen molar-refractivity contribution in [2.45, 2.75) is 33.3 Å². The molecule has 0 unspecified atom stereocenters. The lowest BCUT2D eigenvalue weighted by atomic mass is 9.98. The lowest BCUT2D eigenvalue weighted by Crippen LogP contribution is -2.12. The third-order valence-corrected chi connectivity index (χ3v) is 3.34. The second kappa shape index (κ2) is 7.64. The first-order valence-electron chi connectivity index (χ1n) is 7.56. The lowest BCUT2D eigenvalue weighted by Gasteiger charge is -2.14. The van der Waals surface area contributed by atoms with Crippen LogP contribution in [0.3, 0.4) is 0 Å². The average Bonchev–Trinajstić information content (AvgIpc) is 2.92. The zero-order valence-electron chi connectivity index (χ0n) is 13.3. The molecule has 0 spiro atoms. The van der Waals surface area contributed by atoms with Gasteiger partial charge in [0.2, 0.25) is 5.88 Å². The minimum atomic E-state index is -0.305. The summed E-state index contributed by atoms with van der Waals surface area (Å²) >= 11 is 0. The molecule has 0 bridgehead atoms. The number of ether oxygens (including phenoxy) is 2. The first-order valence-corrected chi connectivity index (χ1v) is 7.56. The molecule has 0 amide bonds. The molecular formula is C17H22N2O3. The van der Waals surface area contributed by atoms with Crippen LogP contribution in [0.1, 0.15) is 41.8 Å². The van der Waals surface area contributed by atoms with Gasteiger partial charge in [0, 0.05) is 24.9 Å². The first-order chi connectivity index (χ1) is 10.7. The van der Waals surface area contributed by atoms with Gasteiger partial charge in [-0.25, -0.2) is 4.79 Å². The van der Waals surface area contributed by atoms with Crippen LogP contribution in [0.25, 0.3) is 0 Å². The van der Waals surface area contributed by atoms with Crippen molar-refractivity contribution >= 4 is 5.97 Å². The molecular weight excluding hydrogens is 280 g/mol. The highest BCUT2D eigenvalue weighted by molar-refractivity contribution is 5.91. The van der Waals surface area contributed by atoms with E-state index in [9.17, 15) is 4.79 Å². The van der Waals surface area contributed by atoms with Gasteiger partial charge in [0.15, 0.2) is 0 Å². The van der Waals surface area contributed by atoms with Crippen LogP contribution in [0.5, 0.6) is 5.88 Å². The van der Waals surface area contributed by atoms with Crippen LogP contribution >= 0.6 is 0 Å². The number of carbonyl (C=O) groups excluding carboxylic acids is 1. The highest BCUT2D eigenvalue weighted by Crippen LogP contribution is 2.20. The molecule has 22 heavy (non-hydrogen) atoms. The molecule has 1 heterocycles. The smallest absolute Gasteiger partial charge is 0.338 e. The standard InChI is InChI=1S/C17H22N2O3/c1-4-7-13-8-6-9-14(17(20)21-5-2)15(13)12-22-16-10-11-19(3)18-16/h6,8-11H,4-5,7,12H2,1-3H3. The average molecular weight is 302 g/mol. The number of hydrogen-bond acceptors (Lipinski definition) is 4. The molecule has 0 N–H and O–H groups in total. The fourth-order valence-corrected chi connectivity index (χ4v) is 2.33. The van der Waals surface area contributed by atoms with E-state index >= 15 is 0 Å². The maximum atomic E-state index is 12.1. The number of esters is 1. The summed E-state index contributed by atoms with van der Waals surface area (Å²) in [7, 11) is 1.84. The number of aromatic nitrogens is 2. The number of hydrogen-bond donors (Lipinski definition) is 0. The number of aryl methyl sites for hydroxylation is 2. The minimum Gasteiger partial charge on any atom is -0.472 e. The summed E-state index contributed by atoms with van der Waals surface area (Å²) in [4.78, 5) is 12.1. The first kappa shape index (κ1) is 16.1. The maximum absolute atomic E-state index is 12.1. The molecule has 0 fully saturated rings. The van der Waals surface area contributed by atoms with Crippen LogP contribution < -0.4 is 4.74 Å². The molecule has 5 nitrogen and oxygen atoms in total. The second-order valence-corrected chi connectivity index (χ2v) is 5.03. The lowest BCUT2D eigenvalue weighted by molar-refractivity contribution is 0.0523. The van der Waals surface area contributed by atoms with Gasteiger partial charge in [-0.1, -0.05) is 25.5 Å². The molecule has 118 valence electrons. The van der Waals surface area contributed by atoms with Crippen LogP contribution in [-0.4, -0.2) is 22.4 Å². The summed E-state index contributed by atoms with van der Waals surface area (Å²) in [6, 6.07) is 7.51. The SMILES string of the molecule is CCCc1cccc(C(=O)OCC)c1COc1ccn(C)n1. The summed E-state index contributed by atoms with van der Waals surface area (Å²) < 4.78 is 12.6. The van der Waals surface area contributed by atoms with Gasteiger partial charge in [-0.3, -0.25) is 4.68 Å². The maximum Gasteiger partial charge on any atom is 0.338 e. The van der Waals surface area contributed by atoms with Crippen LogP contribution in [0, 0.1) is 0 Å². The summed E-state index contributed by atoms with van der Waals surface area (Å²) in [6.07, 6.45) is 3.72. The topological polar surface area (TPSA) is 53.4 Å². The summed E-state index contributed by atoms with van der Waals surface area (Å²) in [5, 5.41) is 4.19. The Kier molecular flexibility index (Phi) is 5.58. The molecule has 2 aromatic rings. The van der Waals surface area contributed by atoms with Crippen LogP contribution in [0.2, 0.25) is 0 Å². The Morgan fingerprint density at radius 1 is 1.27 bits per heavy atom. The van der Waals surface area contributed by atoms with Gasteiger partial charge >= 0.3 is 5.97 Å².